The summed E-state index contributed by atoms with van der Waals surface area (Å²) in [5, 5.41) is 12.1. The lowest BCUT2D eigenvalue weighted by atomic mass is 9.47. The largest absolute Gasteiger partial charge is 0.393 e. The van der Waals surface area contributed by atoms with Crippen LogP contribution in [0.25, 0.3) is 0 Å². The minimum Gasteiger partial charge on any atom is -0.393 e. The van der Waals surface area contributed by atoms with Crippen molar-refractivity contribution in [3.05, 3.63) is 11.6 Å². The van der Waals surface area contributed by atoms with E-state index in [-0.39, 0.29) is 23.3 Å². The standard InChI is InChI=1S/C32H54N2O2/c1-21(8-7-16-30(2)17-14-28(30)29(36)33-34(5)6)25-11-12-26-24-10-9-22-20-23(35)13-18-31(22,3)27(24)15-19-32(25,26)4/h9,21,23-28,35H,7-8,10-20H2,1-6H3,(H,33,36)/t21-,23+,24+,25-,26+,27+,28?,30?,31+,32-/m1/s1. The quantitative estimate of drug-likeness (QED) is 0.302. The van der Waals surface area contributed by atoms with Crippen molar-refractivity contribution in [2.45, 2.75) is 117 Å². The Morgan fingerprint density at radius 2 is 1.86 bits per heavy atom. The molecule has 0 saturated heterocycles. The predicted octanol–water partition coefficient (Wildman–Crippen LogP) is 6.74. The van der Waals surface area contributed by atoms with Crippen LogP contribution in [0, 0.1) is 51.8 Å². The van der Waals surface area contributed by atoms with E-state index in [2.05, 4.69) is 39.2 Å². The molecule has 5 aliphatic carbocycles. The van der Waals surface area contributed by atoms with Crippen LogP contribution in [0.15, 0.2) is 11.6 Å². The first-order valence-electron chi connectivity index (χ1n) is 15.3. The van der Waals surface area contributed by atoms with Gasteiger partial charge in [-0.15, -0.1) is 0 Å². The number of hydrazine groups is 1. The normalized spacial score (nSPS) is 46.7. The van der Waals surface area contributed by atoms with Gasteiger partial charge in [-0.2, -0.15) is 0 Å². The number of aliphatic hydroxyl groups excluding tert-OH is 1. The van der Waals surface area contributed by atoms with Crippen LogP contribution in [-0.4, -0.2) is 36.2 Å². The Labute approximate surface area is 221 Å². The fourth-order valence-corrected chi connectivity index (χ4v) is 10.5. The van der Waals surface area contributed by atoms with Crippen molar-refractivity contribution in [2.75, 3.05) is 14.1 Å². The minimum atomic E-state index is -0.105. The highest BCUT2D eigenvalue weighted by Gasteiger charge is 2.59. The van der Waals surface area contributed by atoms with Gasteiger partial charge in [0, 0.05) is 20.0 Å². The van der Waals surface area contributed by atoms with Gasteiger partial charge in [-0.05, 0) is 116 Å². The average molecular weight is 499 g/mol. The van der Waals surface area contributed by atoms with Gasteiger partial charge in [-0.1, -0.05) is 52.2 Å². The van der Waals surface area contributed by atoms with Crippen molar-refractivity contribution < 1.29 is 9.90 Å². The third kappa shape index (κ3) is 4.40. The molecule has 36 heavy (non-hydrogen) atoms. The molecule has 2 N–H and O–H groups in total. The molecule has 0 aliphatic heterocycles. The van der Waals surface area contributed by atoms with E-state index >= 15 is 0 Å². The van der Waals surface area contributed by atoms with Crippen LogP contribution in [-0.2, 0) is 4.79 Å². The van der Waals surface area contributed by atoms with Crippen LogP contribution in [0.4, 0.5) is 0 Å². The van der Waals surface area contributed by atoms with Gasteiger partial charge in [-0.3, -0.25) is 10.2 Å². The van der Waals surface area contributed by atoms with E-state index in [1.54, 1.807) is 10.6 Å². The third-order valence-electron chi connectivity index (χ3n) is 12.7. The molecule has 0 radical (unpaired) electrons. The summed E-state index contributed by atoms with van der Waals surface area (Å²) in [6.07, 6.45) is 18.5. The lowest BCUT2D eigenvalue weighted by Gasteiger charge is -2.58. The Morgan fingerprint density at radius 1 is 1.08 bits per heavy atom. The molecule has 1 amide bonds. The fraction of sp³-hybridized carbons (Fsp3) is 0.906. The molecule has 2 unspecified atom stereocenters. The summed E-state index contributed by atoms with van der Waals surface area (Å²) in [5.41, 5.74) is 5.64. The second-order valence-corrected chi connectivity index (χ2v) is 14.9. The highest BCUT2D eigenvalue weighted by molar-refractivity contribution is 5.80. The smallest absolute Gasteiger partial charge is 0.237 e. The zero-order valence-corrected chi connectivity index (χ0v) is 24.1. The second kappa shape index (κ2) is 9.70. The van der Waals surface area contributed by atoms with Crippen molar-refractivity contribution in [1.82, 2.24) is 10.4 Å². The molecule has 10 atom stereocenters. The predicted molar refractivity (Wildman–Crippen MR) is 147 cm³/mol. The number of hydrogen-bond acceptors (Lipinski definition) is 3. The Balaban J connectivity index is 1.19. The Kier molecular flexibility index (Phi) is 7.20. The van der Waals surface area contributed by atoms with Crippen molar-refractivity contribution in [2.24, 2.45) is 51.8 Å². The van der Waals surface area contributed by atoms with Gasteiger partial charge in [0.1, 0.15) is 0 Å². The highest BCUT2D eigenvalue weighted by Crippen LogP contribution is 2.67. The lowest BCUT2D eigenvalue weighted by molar-refractivity contribution is -0.140. The first-order chi connectivity index (χ1) is 17.0. The van der Waals surface area contributed by atoms with Gasteiger partial charge < -0.3 is 5.11 Å². The van der Waals surface area contributed by atoms with E-state index in [0.29, 0.717) is 10.8 Å². The van der Waals surface area contributed by atoms with E-state index in [9.17, 15) is 9.90 Å². The maximum atomic E-state index is 12.6. The van der Waals surface area contributed by atoms with Crippen LogP contribution in [0.1, 0.15) is 111 Å². The third-order valence-corrected chi connectivity index (χ3v) is 12.7. The van der Waals surface area contributed by atoms with E-state index in [1.165, 1.54) is 64.2 Å². The molecule has 4 fully saturated rings. The van der Waals surface area contributed by atoms with Crippen LogP contribution >= 0.6 is 0 Å². The molecule has 0 bridgehead atoms. The number of nitrogens with one attached hydrogen (secondary N) is 1. The van der Waals surface area contributed by atoms with Crippen LogP contribution in [0.2, 0.25) is 0 Å². The minimum absolute atomic E-state index is 0.105. The SMILES string of the molecule is C[C@H](CCCC1(C)CCC1C(=O)NN(C)C)[C@H]1CC[C@H]2[C@@H]3CC=C4C[C@@H](O)CC[C@]4(C)[C@H]3CC[C@]12C. The van der Waals surface area contributed by atoms with Crippen molar-refractivity contribution in [3.8, 4) is 0 Å². The van der Waals surface area contributed by atoms with Gasteiger partial charge in [0.2, 0.25) is 5.91 Å². The van der Waals surface area contributed by atoms with Crippen LogP contribution < -0.4 is 5.43 Å². The molecule has 0 aromatic heterocycles. The molecular weight excluding hydrogens is 444 g/mol. The first-order valence-corrected chi connectivity index (χ1v) is 15.3. The molecule has 204 valence electrons. The molecule has 0 heterocycles. The number of fused-ring (bicyclic) bond motifs is 5. The van der Waals surface area contributed by atoms with Gasteiger partial charge in [0.25, 0.3) is 0 Å². The number of carbonyl (C=O) groups is 1. The van der Waals surface area contributed by atoms with Gasteiger partial charge in [0.15, 0.2) is 0 Å². The van der Waals surface area contributed by atoms with E-state index in [0.717, 1.165) is 48.9 Å². The average Bonchev–Trinajstić information content (AvgIpc) is 3.15. The van der Waals surface area contributed by atoms with Crippen molar-refractivity contribution in [3.63, 3.8) is 0 Å². The Bertz CT molecular complexity index is 868. The van der Waals surface area contributed by atoms with E-state index < -0.39 is 0 Å². The van der Waals surface area contributed by atoms with E-state index in [4.69, 9.17) is 0 Å². The Morgan fingerprint density at radius 3 is 2.56 bits per heavy atom. The molecule has 5 aliphatic rings. The van der Waals surface area contributed by atoms with Crippen LogP contribution in [0.3, 0.4) is 0 Å². The van der Waals surface area contributed by atoms with Crippen molar-refractivity contribution in [1.29, 1.82) is 0 Å². The monoisotopic (exact) mass is 498 g/mol. The second-order valence-electron chi connectivity index (χ2n) is 14.9. The Hall–Kier alpha value is -0.870. The molecular formula is C32H54N2O2. The molecule has 0 aromatic carbocycles. The van der Waals surface area contributed by atoms with E-state index in [1.807, 2.05) is 14.1 Å². The molecule has 5 rings (SSSR count). The highest BCUT2D eigenvalue weighted by atomic mass is 16.3. The summed E-state index contributed by atoms with van der Waals surface area (Å²) in [6.45, 7) is 10.1. The van der Waals surface area contributed by atoms with Gasteiger partial charge >= 0.3 is 0 Å². The molecule has 0 aromatic rings. The first kappa shape index (κ1) is 26.7. The summed E-state index contributed by atoms with van der Waals surface area (Å²) in [6, 6.07) is 0. The summed E-state index contributed by atoms with van der Waals surface area (Å²) in [5.74, 6) is 4.62. The zero-order valence-electron chi connectivity index (χ0n) is 24.1. The number of hydrogen-bond donors (Lipinski definition) is 2. The van der Waals surface area contributed by atoms with Crippen molar-refractivity contribution >= 4 is 5.91 Å². The fourth-order valence-electron chi connectivity index (χ4n) is 10.5. The summed E-state index contributed by atoms with van der Waals surface area (Å²) in [4.78, 5) is 12.6. The summed E-state index contributed by atoms with van der Waals surface area (Å²) >= 11 is 0. The number of carbonyl (C=O) groups excluding carboxylic acids is 1. The molecule has 4 nitrogen and oxygen atoms in total. The zero-order chi connectivity index (χ0) is 25.9. The van der Waals surface area contributed by atoms with Gasteiger partial charge in [-0.25, -0.2) is 5.01 Å². The number of allylic oxidation sites excluding steroid dienone is 1. The number of nitrogens with zero attached hydrogens (tertiary/aromatic N) is 1. The maximum absolute atomic E-state index is 12.6. The molecule has 0 spiro atoms. The maximum Gasteiger partial charge on any atom is 0.237 e. The van der Waals surface area contributed by atoms with Gasteiger partial charge in [0.05, 0.1) is 6.10 Å². The lowest BCUT2D eigenvalue weighted by Crippen LogP contribution is -2.51. The summed E-state index contributed by atoms with van der Waals surface area (Å²) < 4.78 is 0. The molecule has 4 heteroatoms. The molecule has 4 saturated carbocycles. The van der Waals surface area contributed by atoms with Crippen LogP contribution in [0.5, 0.6) is 0 Å². The topological polar surface area (TPSA) is 52.6 Å². The number of aliphatic hydroxyl groups is 1. The number of rotatable bonds is 7. The number of amides is 1. The summed E-state index contributed by atoms with van der Waals surface area (Å²) in [7, 11) is 3.81.